The van der Waals surface area contributed by atoms with Crippen LogP contribution in [-0.2, 0) is 4.74 Å². The number of amides is 1. The number of nitrogens with zero attached hydrogens (tertiary/aromatic N) is 2. The lowest BCUT2D eigenvalue weighted by Crippen LogP contribution is -2.18. The molecular weight excluding hydrogens is 401 g/mol. The number of alkyl halides is 1. The normalized spacial score (nSPS) is 18.9. The molecule has 3 N–H and O–H groups in total. The smallest absolute Gasteiger partial charge is 0.284 e. The van der Waals surface area contributed by atoms with Crippen LogP contribution in [0.15, 0.2) is 35.5 Å². The summed E-state index contributed by atoms with van der Waals surface area (Å²) in [6.45, 7) is -0.986. The number of carbonyl (C=O) groups is 1. The highest BCUT2D eigenvalue weighted by atomic mass is 35.5. The van der Waals surface area contributed by atoms with E-state index in [4.69, 9.17) is 33.7 Å². The van der Waals surface area contributed by atoms with E-state index in [1.54, 1.807) is 0 Å². The molecule has 1 aromatic heterocycles. The summed E-state index contributed by atoms with van der Waals surface area (Å²) in [5.74, 6) is -1.28. The average molecular weight is 415 g/mol. The zero-order chi connectivity index (χ0) is 19.6. The molecule has 1 aromatic carbocycles. The van der Waals surface area contributed by atoms with Gasteiger partial charge in [-0.15, -0.1) is 0 Å². The van der Waals surface area contributed by atoms with Gasteiger partial charge in [-0.05, 0) is 36.2 Å². The first-order valence-corrected chi connectivity index (χ1v) is 8.59. The van der Waals surface area contributed by atoms with E-state index in [1.807, 2.05) is 0 Å². The molecule has 1 aliphatic rings. The lowest BCUT2D eigenvalue weighted by atomic mass is 10.1. The van der Waals surface area contributed by atoms with E-state index in [0.717, 1.165) is 0 Å². The number of aromatic nitrogens is 1. The summed E-state index contributed by atoms with van der Waals surface area (Å²) in [7, 11) is 0. The number of pyridine rings is 1. The Hall–Kier alpha value is -2.45. The molecule has 1 fully saturated rings. The number of aliphatic imine (C=N–C) groups is 1. The number of hydrogen-bond acceptors (Lipinski definition) is 4. The van der Waals surface area contributed by atoms with Crippen molar-refractivity contribution >= 4 is 40.8 Å². The Balaban J connectivity index is 1.72. The van der Waals surface area contributed by atoms with E-state index < -0.39 is 24.6 Å². The minimum Gasteiger partial charge on any atom is -0.461 e. The summed E-state index contributed by atoms with van der Waals surface area (Å²) < 4.78 is 31.5. The molecule has 2 aromatic rings. The van der Waals surface area contributed by atoms with E-state index >= 15 is 0 Å². The Morgan fingerprint density at radius 3 is 2.89 bits per heavy atom. The van der Waals surface area contributed by atoms with Gasteiger partial charge in [0.05, 0.1) is 10.0 Å². The highest BCUT2D eigenvalue weighted by molar-refractivity contribution is 6.36. The van der Waals surface area contributed by atoms with Gasteiger partial charge >= 0.3 is 0 Å². The Bertz CT molecular complexity index is 910. The molecule has 0 aliphatic heterocycles. The highest BCUT2D eigenvalue weighted by Crippen LogP contribution is 2.45. The molecule has 0 unspecified atom stereocenters. The first-order valence-electron chi connectivity index (χ1n) is 7.83. The fourth-order valence-corrected chi connectivity index (χ4v) is 3.02. The van der Waals surface area contributed by atoms with Crippen molar-refractivity contribution in [2.75, 3.05) is 12.1 Å². The fourth-order valence-electron chi connectivity index (χ4n) is 2.56. The van der Waals surface area contributed by atoms with Gasteiger partial charge in [0.1, 0.15) is 17.6 Å². The largest absolute Gasteiger partial charge is 0.461 e. The number of halogens is 4. The maximum absolute atomic E-state index is 14.2. The molecular formula is C17H14Cl2F2N4O2. The van der Waals surface area contributed by atoms with E-state index in [-0.39, 0.29) is 22.7 Å². The van der Waals surface area contributed by atoms with Gasteiger partial charge in [0, 0.05) is 17.8 Å². The molecule has 3 rings (SSSR count). The summed E-state index contributed by atoms with van der Waals surface area (Å²) in [4.78, 5) is 19.5. The van der Waals surface area contributed by atoms with Crippen LogP contribution < -0.4 is 11.1 Å². The molecule has 0 spiro atoms. The maximum atomic E-state index is 14.2. The Morgan fingerprint density at radius 2 is 2.19 bits per heavy atom. The second kappa shape index (κ2) is 8.06. The lowest BCUT2D eigenvalue weighted by Gasteiger charge is -2.09. The third-order valence-electron chi connectivity index (χ3n) is 3.90. The second-order valence-electron chi connectivity index (χ2n) is 5.79. The van der Waals surface area contributed by atoms with Gasteiger partial charge in [-0.1, -0.05) is 23.2 Å². The number of nitrogens with two attached hydrogens (primary N) is 1. The third-order valence-corrected chi connectivity index (χ3v) is 4.39. The first kappa shape index (κ1) is 19.3. The minimum absolute atomic E-state index is 0.00483. The number of amidine groups is 1. The number of nitrogens with one attached hydrogen (secondary N) is 1. The van der Waals surface area contributed by atoms with Crippen LogP contribution in [0.1, 0.15) is 28.4 Å². The molecule has 1 heterocycles. The van der Waals surface area contributed by atoms with Gasteiger partial charge in [0.25, 0.3) is 11.9 Å². The molecule has 2 atom stereocenters. The number of hydrogen-bond donors (Lipinski definition) is 2. The van der Waals surface area contributed by atoms with Crippen molar-refractivity contribution in [2.24, 2.45) is 10.7 Å². The Morgan fingerprint density at radius 1 is 1.41 bits per heavy atom. The topological polar surface area (TPSA) is 89.6 Å². The summed E-state index contributed by atoms with van der Waals surface area (Å²) in [6, 6.07) is 5.26. The molecule has 1 aliphatic carbocycles. The minimum atomic E-state index is -0.986. The lowest BCUT2D eigenvalue weighted by molar-refractivity contribution is 0.102. The van der Waals surface area contributed by atoms with Gasteiger partial charge in [0.15, 0.2) is 6.80 Å². The molecule has 0 radical (unpaired) electrons. The predicted octanol–water partition coefficient (Wildman–Crippen LogP) is 3.89. The molecule has 1 amide bonds. The molecule has 0 bridgehead atoms. The van der Waals surface area contributed by atoms with E-state index in [9.17, 15) is 13.6 Å². The van der Waals surface area contributed by atoms with E-state index in [1.165, 1.54) is 30.5 Å². The fraction of sp³-hybridized carbons (Fsp3) is 0.235. The van der Waals surface area contributed by atoms with Crippen LogP contribution in [0.25, 0.3) is 0 Å². The van der Waals surface area contributed by atoms with Crippen molar-refractivity contribution < 1.29 is 18.3 Å². The van der Waals surface area contributed by atoms with Crippen molar-refractivity contribution in [3.8, 4) is 0 Å². The van der Waals surface area contributed by atoms with Crippen molar-refractivity contribution in [2.45, 2.75) is 18.4 Å². The van der Waals surface area contributed by atoms with Crippen LogP contribution in [0.3, 0.4) is 0 Å². The van der Waals surface area contributed by atoms with Crippen LogP contribution in [0.2, 0.25) is 10.0 Å². The number of anilines is 1. The van der Waals surface area contributed by atoms with Crippen molar-refractivity contribution in [1.29, 1.82) is 0 Å². The third kappa shape index (κ3) is 4.64. The maximum Gasteiger partial charge on any atom is 0.284 e. The average Bonchev–Trinajstić information content (AvgIpc) is 3.35. The second-order valence-corrected chi connectivity index (χ2v) is 6.63. The van der Waals surface area contributed by atoms with Crippen LogP contribution >= 0.6 is 23.2 Å². The van der Waals surface area contributed by atoms with Crippen molar-refractivity contribution in [3.63, 3.8) is 0 Å². The number of ether oxygens (including phenoxy) is 1. The zero-order valence-electron chi connectivity index (χ0n) is 13.8. The van der Waals surface area contributed by atoms with Gasteiger partial charge in [0.2, 0.25) is 0 Å². The van der Waals surface area contributed by atoms with Gasteiger partial charge < -0.3 is 15.8 Å². The van der Waals surface area contributed by atoms with Crippen LogP contribution in [0.4, 0.5) is 14.5 Å². The van der Waals surface area contributed by atoms with Crippen LogP contribution in [0.5, 0.6) is 0 Å². The van der Waals surface area contributed by atoms with Crippen LogP contribution in [0, 0.1) is 5.82 Å². The number of carbonyl (C=O) groups excluding carboxylic acids is 1. The standard InChI is InChI=1S/C17H14Cl2F2N4O2/c18-8-3-12(19)15(23-6-8)16(26)25-9-1-2-13(21)10(4-9)11-5-14(11)27-17(22)24-7-20/h1-4,6,11,14H,5,7H2,(H2,22,24)(H,25,26)/t11-,14-/m1/s1. The highest BCUT2D eigenvalue weighted by Gasteiger charge is 2.43. The quantitative estimate of drug-likeness (QED) is 0.441. The van der Waals surface area contributed by atoms with Gasteiger partial charge in [-0.3, -0.25) is 4.79 Å². The summed E-state index contributed by atoms with van der Waals surface area (Å²) in [5.41, 5.74) is 6.10. The van der Waals surface area contributed by atoms with Gasteiger partial charge in [-0.25, -0.2) is 18.8 Å². The number of rotatable bonds is 5. The Labute approximate surface area is 163 Å². The zero-order valence-corrected chi connectivity index (χ0v) is 15.3. The monoisotopic (exact) mass is 414 g/mol. The SMILES string of the molecule is N/C(=N/CF)O[C@@H]1C[C@@H]1c1cc(NC(=O)c2ncc(Cl)cc2Cl)ccc1F. The van der Waals surface area contributed by atoms with Gasteiger partial charge in [-0.2, -0.15) is 0 Å². The predicted molar refractivity (Wildman–Crippen MR) is 98.4 cm³/mol. The number of benzene rings is 1. The Kier molecular flexibility index (Phi) is 5.76. The molecule has 0 saturated heterocycles. The molecule has 142 valence electrons. The van der Waals surface area contributed by atoms with Crippen molar-refractivity contribution in [1.82, 2.24) is 4.98 Å². The molecule has 10 heteroatoms. The van der Waals surface area contributed by atoms with E-state index in [2.05, 4.69) is 15.3 Å². The van der Waals surface area contributed by atoms with Crippen molar-refractivity contribution in [3.05, 3.63) is 57.6 Å². The van der Waals surface area contributed by atoms with Crippen LogP contribution in [-0.4, -0.2) is 29.8 Å². The van der Waals surface area contributed by atoms with E-state index in [0.29, 0.717) is 22.7 Å². The molecule has 27 heavy (non-hydrogen) atoms. The summed E-state index contributed by atoms with van der Waals surface area (Å²) in [5, 5.41) is 3.01. The molecule has 1 saturated carbocycles. The molecule has 6 nitrogen and oxygen atoms in total. The summed E-state index contributed by atoms with van der Waals surface area (Å²) in [6.07, 6.45) is 1.41. The first-order chi connectivity index (χ1) is 12.9. The summed E-state index contributed by atoms with van der Waals surface area (Å²) >= 11 is 11.7.